The van der Waals surface area contributed by atoms with Crippen molar-refractivity contribution in [3.8, 4) is 0 Å². The summed E-state index contributed by atoms with van der Waals surface area (Å²) in [5.74, 6) is -0.0311. The number of aromatic nitrogens is 3. The van der Waals surface area contributed by atoms with Crippen LogP contribution in [0.1, 0.15) is 16.0 Å². The molecule has 8 heteroatoms. The number of piperazine rings is 1. The number of carbonyl (C=O) groups is 1. The number of carbonyl (C=O) groups excluding carboxylic acids is 1. The maximum absolute atomic E-state index is 12.8. The lowest BCUT2D eigenvalue weighted by molar-refractivity contribution is -0.133. The standard InChI is InChI=1S/C20H23N5O2S/c1-14-15(2)28-19-18(14)20(27)25(13-22-19)12-17(26)24-9-7-23(8-10-24)11-16-3-5-21-6-4-16/h3-6,13H,7-12H2,1-2H3. The second-order valence-corrected chi connectivity index (χ2v) is 8.36. The van der Waals surface area contributed by atoms with Crippen molar-refractivity contribution in [1.82, 2.24) is 24.3 Å². The molecule has 3 aromatic heterocycles. The maximum atomic E-state index is 12.8. The molecule has 4 rings (SSSR count). The number of rotatable bonds is 4. The average molecular weight is 398 g/mol. The van der Waals surface area contributed by atoms with E-state index in [-0.39, 0.29) is 18.0 Å². The first-order chi connectivity index (χ1) is 13.5. The van der Waals surface area contributed by atoms with Crippen LogP contribution < -0.4 is 5.56 Å². The first kappa shape index (κ1) is 18.8. The van der Waals surface area contributed by atoms with Crippen LogP contribution in [-0.2, 0) is 17.9 Å². The summed E-state index contributed by atoms with van der Waals surface area (Å²) >= 11 is 1.52. The summed E-state index contributed by atoms with van der Waals surface area (Å²) in [6.45, 7) is 7.82. The van der Waals surface area contributed by atoms with Gasteiger partial charge in [0.1, 0.15) is 11.4 Å². The van der Waals surface area contributed by atoms with Gasteiger partial charge in [0.15, 0.2) is 0 Å². The van der Waals surface area contributed by atoms with Crippen LogP contribution in [0.4, 0.5) is 0 Å². The lowest BCUT2D eigenvalue weighted by Gasteiger charge is -2.34. The number of amides is 1. The number of aryl methyl sites for hydroxylation is 2. The fourth-order valence-electron chi connectivity index (χ4n) is 3.53. The fourth-order valence-corrected chi connectivity index (χ4v) is 4.52. The number of nitrogens with zero attached hydrogens (tertiary/aromatic N) is 5. The lowest BCUT2D eigenvalue weighted by Crippen LogP contribution is -2.49. The predicted octanol–water partition coefficient (Wildman–Crippen LogP) is 1.81. The maximum Gasteiger partial charge on any atom is 0.262 e. The predicted molar refractivity (Wildman–Crippen MR) is 109 cm³/mol. The topological polar surface area (TPSA) is 71.3 Å². The monoisotopic (exact) mass is 397 g/mol. The number of pyridine rings is 1. The van der Waals surface area contributed by atoms with E-state index in [4.69, 9.17) is 0 Å². The molecule has 4 heterocycles. The van der Waals surface area contributed by atoms with E-state index in [9.17, 15) is 9.59 Å². The summed E-state index contributed by atoms with van der Waals surface area (Å²) in [6.07, 6.45) is 5.10. The zero-order valence-electron chi connectivity index (χ0n) is 16.1. The summed E-state index contributed by atoms with van der Waals surface area (Å²) in [7, 11) is 0. The van der Waals surface area contributed by atoms with Crippen molar-refractivity contribution in [2.24, 2.45) is 0 Å². The van der Waals surface area contributed by atoms with Gasteiger partial charge in [-0.3, -0.25) is 24.0 Å². The summed E-state index contributed by atoms with van der Waals surface area (Å²) < 4.78 is 1.44. The molecular weight excluding hydrogens is 374 g/mol. The highest BCUT2D eigenvalue weighted by atomic mass is 32.1. The van der Waals surface area contributed by atoms with Gasteiger partial charge in [-0.1, -0.05) is 0 Å². The van der Waals surface area contributed by atoms with Crippen molar-refractivity contribution in [3.63, 3.8) is 0 Å². The van der Waals surface area contributed by atoms with Gasteiger partial charge >= 0.3 is 0 Å². The van der Waals surface area contributed by atoms with Crippen molar-refractivity contribution in [3.05, 3.63) is 57.2 Å². The van der Waals surface area contributed by atoms with Crippen LogP contribution in [0.5, 0.6) is 0 Å². The minimum Gasteiger partial charge on any atom is -0.339 e. The van der Waals surface area contributed by atoms with Gasteiger partial charge in [-0.05, 0) is 37.1 Å². The summed E-state index contributed by atoms with van der Waals surface area (Å²) in [4.78, 5) is 39.9. The third-order valence-corrected chi connectivity index (χ3v) is 6.46. The Morgan fingerprint density at radius 1 is 1.14 bits per heavy atom. The van der Waals surface area contributed by atoms with E-state index in [0.717, 1.165) is 34.9 Å². The Morgan fingerprint density at radius 2 is 1.86 bits per heavy atom. The Hall–Kier alpha value is -2.58. The van der Waals surface area contributed by atoms with Gasteiger partial charge in [0.2, 0.25) is 5.91 Å². The normalized spacial score (nSPS) is 15.3. The highest BCUT2D eigenvalue weighted by Crippen LogP contribution is 2.25. The van der Waals surface area contributed by atoms with Crippen LogP contribution in [-0.4, -0.2) is 56.4 Å². The van der Waals surface area contributed by atoms with E-state index in [0.29, 0.717) is 18.5 Å². The third kappa shape index (κ3) is 3.70. The van der Waals surface area contributed by atoms with E-state index < -0.39 is 0 Å². The van der Waals surface area contributed by atoms with Gasteiger partial charge in [-0.2, -0.15) is 0 Å². The number of hydrogen-bond acceptors (Lipinski definition) is 6. The average Bonchev–Trinajstić information content (AvgIpc) is 3.00. The van der Waals surface area contributed by atoms with Gasteiger partial charge in [-0.15, -0.1) is 11.3 Å². The van der Waals surface area contributed by atoms with Crippen LogP contribution in [0, 0.1) is 13.8 Å². The lowest BCUT2D eigenvalue weighted by atomic mass is 10.2. The summed E-state index contributed by atoms with van der Waals surface area (Å²) in [6, 6.07) is 4.03. The molecule has 7 nitrogen and oxygen atoms in total. The molecule has 0 saturated carbocycles. The Bertz CT molecular complexity index is 1050. The van der Waals surface area contributed by atoms with E-state index in [1.807, 2.05) is 30.9 Å². The zero-order valence-corrected chi connectivity index (χ0v) is 16.9. The van der Waals surface area contributed by atoms with E-state index in [1.54, 1.807) is 12.4 Å². The first-order valence-electron chi connectivity index (χ1n) is 9.37. The molecule has 0 N–H and O–H groups in total. The Balaban J connectivity index is 1.40. The van der Waals surface area contributed by atoms with Crippen LogP contribution in [0.25, 0.3) is 10.2 Å². The quantitative estimate of drug-likeness (QED) is 0.672. The van der Waals surface area contributed by atoms with E-state index in [1.165, 1.54) is 27.8 Å². The Morgan fingerprint density at radius 3 is 2.57 bits per heavy atom. The highest BCUT2D eigenvalue weighted by Gasteiger charge is 2.22. The molecule has 0 bridgehead atoms. The largest absolute Gasteiger partial charge is 0.339 e. The molecule has 0 unspecified atom stereocenters. The van der Waals surface area contributed by atoms with Gasteiger partial charge in [0, 0.05) is 50.0 Å². The van der Waals surface area contributed by atoms with Crippen LogP contribution in [0.2, 0.25) is 0 Å². The number of hydrogen-bond donors (Lipinski definition) is 0. The molecule has 1 saturated heterocycles. The zero-order chi connectivity index (χ0) is 19.7. The van der Waals surface area contributed by atoms with Crippen LogP contribution in [0.3, 0.4) is 0 Å². The van der Waals surface area contributed by atoms with Crippen LogP contribution in [0.15, 0.2) is 35.6 Å². The summed E-state index contributed by atoms with van der Waals surface area (Å²) in [5.41, 5.74) is 2.06. The molecule has 0 radical (unpaired) electrons. The Labute approximate surface area is 167 Å². The van der Waals surface area contributed by atoms with Gasteiger partial charge in [-0.25, -0.2) is 4.98 Å². The third-order valence-electron chi connectivity index (χ3n) is 5.34. The van der Waals surface area contributed by atoms with Gasteiger partial charge in [0.25, 0.3) is 5.56 Å². The summed E-state index contributed by atoms with van der Waals surface area (Å²) in [5, 5.41) is 0.639. The highest BCUT2D eigenvalue weighted by molar-refractivity contribution is 7.18. The molecule has 146 valence electrons. The minimum atomic E-state index is -0.128. The first-order valence-corrected chi connectivity index (χ1v) is 10.2. The number of fused-ring (bicyclic) bond motifs is 1. The SMILES string of the molecule is Cc1sc2ncn(CC(=O)N3CCN(Cc4ccncc4)CC3)c(=O)c2c1C. The smallest absolute Gasteiger partial charge is 0.262 e. The molecule has 28 heavy (non-hydrogen) atoms. The fraction of sp³-hybridized carbons (Fsp3) is 0.400. The molecule has 1 aliphatic heterocycles. The second-order valence-electron chi connectivity index (χ2n) is 7.15. The molecule has 0 spiro atoms. The van der Waals surface area contributed by atoms with Crippen molar-refractivity contribution in [2.75, 3.05) is 26.2 Å². The molecule has 1 aliphatic rings. The van der Waals surface area contributed by atoms with Crippen LogP contribution >= 0.6 is 11.3 Å². The van der Waals surface area contributed by atoms with E-state index >= 15 is 0 Å². The molecule has 3 aromatic rings. The van der Waals surface area contributed by atoms with E-state index in [2.05, 4.69) is 14.9 Å². The second kappa shape index (κ2) is 7.81. The van der Waals surface area contributed by atoms with Gasteiger partial charge in [0.05, 0.1) is 11.7 Å². The molecule has 1 fully saturated rings. The molecular formula is C20H23N5O2S. The van der Waals surface area contributed by atoms with Gasteiger partial charge < -0.3 is 4.90 Å². The molecule has 0 atom stereocenters. The molecule has 1 amide bonds. The minimum absolute atomic E-state index is 0.0311. The number of thiophene rings is 1. The van der Waals surface area contributed by atoms with Crippen molar-refractivity contribution >= 4 is 27.5 Å². The van der Waals surface area contributed by atoms with Crippen molar-refractivity contribution in [1.29, 1.82) is 0 Å². The van der Waals surface area contributed by atoms with Crippen molar-refractivity contribution < 1.29 is 4.79 Å². The molecule has 0 aromatic carbocycles. The molecule has 0 aliphatic carbocycles. The Kier molecular flexibility index (Phi) is 5.23. The van der Waals surface area contributed by atoms with Crippen molar-refractivity contribution in [2.45, 2.75) is 26.9 Å².